The molecule has 0 N–H and O–H groups in total. The molecule has 4 heteroatoms. The van der Waals surface area contributed by atoms with Gasteiger partial charge in [-0.1, -0.05) is 0 Å². The normalized spacial score (nSPS) is 15.2. The van der Waals surface area contributed by atoms with Crippen molar-refractivity contribution in [3.63, 3.8) is 0 Å². The van der Waals surface area contributed by atoms with Crippen LogP contribution in [0.2, 0.25) is 0 Å². The van der Waals surface area contributed by atoms with Crippen LogP contribution in [0.5, 0.6) is 0 Å². The van der Waals surface area contributed by atoms with E-state index < -0.39 is 0 Å². The Kier molecular flexibility index (Phi) is 2.04. The molecule has 2 heterocycles. The molecule has 0 radical (unpaired) electrons. The fraction of sp³-hybridized carbons (Fsp3) is 0.300. The average molecular weight is 190 g/mol. The van der Waals surface area contributed by atoms with E-state index in [2.05, 4.69) is 4.98 Å². The van der Waals surface area contributed by atoms with Gasteiger partial charge in [0.15, 0.2) is 6.29 Å². The van der Waals surface area contributed by atoms with Crippen LogP contribution in [0.3, 0.4) is 0 Å². The van der Waals surface area contributed by atoms with Gasteiger partial charge < -0.3 is 4.90 Å². The Morgan fingerprint density at radius 2 is 2.36 bits per heavy atom. The number of aromatic nitrogens is 1. The zero-order valence-corrected chi connectivity index (χ0v) is 7.86. The van der Waals surface area contributed by atoms with Gasteiger partial charge >= 0.3 is 0 Å². The van der Waals surface area contributed by atoms with Gasteiger partial charge in [0.05, 0.1) is 11.3 Å². The number of likely N-dealkylation sites (N-methyl/N-ethyl adjacent to an activating group) is 1. The lowest BCUT2D eigenvalue weighted by Gasteiger charge is -2.23. The van der Waals surface area contributed by atoms with Gasteiger partial charge in [-0.15, -0.1) is 0 Å². The van der Waals surface area contributed by atoms with Crippen LogP contribution in [-0.4, -0.2) is 35.7 Å². The van der Waals surface area contributed by atoms with Gasteiger partial charge in [-0.2, -0.15) is 0 Å². The van der Waals surface area contributed by atoms with Crippen molar-refractivity contribution in [2.45, 2.75) is 6.42 Å². The standard InChI is InChI=1S/C10H10N2O2/c1-12-3-2-9-8(10(12)14)4-7(6-13)5-11-9/h4-6H,2-3H2,1H3. The number of amides is 1. The van der Waals surface area contributed by atoms with E-state index in [1.54, 1.807) is 18.0 Å². The smallest absolute Gasteiger partial charge is 0.255 e. The van der Waals surface area contributed by atoms with Gasteiger partial charge in [0.25, 0.3) is 5.91 Å². The van der Waals surface area contributed by atoms with Crippen LogP contribution in [0, 0.1) is 0 Å². The zero-order valence-electron chi connectivity index (χ0n) is 7.86. The van der Waals surface area contributed by atoms with E-state index in [4.69, 9.17) is 0 Å². The topological polar surface area (TPSA) is 50.3 Å². The van der Waals surface area contributed by atoms with Gasteiger partial charge in [-0.25, -0.2) is 0 Å². The van der Waals surface area contributed by atoms with Crippen molar-refractivity contribution in [2.75, 3.05) is 13.6 Å². The highest BCUT2D eigenvalue weighted by Crippen LogP contribution is 2.16. The number of aldehydes is 1. The van der Waals surface area contributed by atoms with E-state index in [9.17, 15) is 9.59 Å². The summed E-state index contributed by atoms with van der Waals surface area (Å²) >= 11 is 0. The SMILES string of the molecule is CN1CCc2ncc(C=O)cc2C1=O. The van der Waals surface area contributed by atoms with Gasteiger partial charge in [-0.05, 0) is 6.07 Å². The van der Waals surface area contributed by atoms with Gasteiger partial charge in [-0.3, -0.25) is 14.6 Å². The third-order valence-corrected chi connectivity index (χ3v) is 2.39. The Morgan fingerprint density at radius 3 is 3.07 bits per heavy atom. The summed E-state index contributed by atoms with van der Waals surface area (Å²) < 4.78 is 0. The summed E-state index contributed by atoms with van der Waals surface area (Å²) in [7, 11) is 1.75. The molecule has 72 valence electrons. The van der Waals surface area contributed by atoms with Gasteiger partial charge in [0.2, 0.25) is 0 Å². The minimum atomic E-state index is -0.0533. The number of rotatable bonds is 1. The first kappa shape index (κ1) is 8.87. The Morgan fingerprint density at radius 1 is 1.57 bits per heavy atom. The monoisotopic (exact) mass is 190 g/mol. The van der Waals surface area contributed by atoms with Gasteiger partial charge in [0, 0.05) is 31.8 Å². The maximum Gasteiger partial charge on any atom is 0.255 e. The molecule has 0 aliphatic carbocycles. The number of hydrogen-bond acceptors (Lipinski definition) is 3. The van der Waals surface area contributed by atoms with Crippen molar-refractivity contribution < 1.29 is 9.59 Å². The number of hydrogen-bond donors (Lipinski definition) is 0. The minimum absolute atomic E-state index is 0.0533. The molecule has 1 aromatic heterocycles. The summed E-state index contributed by atoms with van der Waals surface area (Å²) in [5, 5.41) is 0. The second kappa shape index (κ2) is 3.21. The molecule has 1 aliphatic rings. The molecule has 0 spiro atoms. The van der Waals surface area contributed by atoms with Crippen LogP contribution in [0.4, 0.5) is 0 Å². The van der Waals surface area contributed by atoms with E-state index in [0.29, 0.717) is 24.0 Å². The van der Waals surface area contributed by atoms with Crippen molar-refractivity contribution in [3.8, 4) is 0 Å². The highest BCUT2D eigenvalue weighted by molar-refractivity contribution is 5.97. The predicted molar refractivity (Wildman–Crippen MR) is 50.3 cm³/mol. The van der Waals surface area contributed by atoms with Crippen LogP contribution in [0.15, 0.2) is 12.3 Å². The summed E-state index contributed by atoms with van der Waals surface area (Å²) in [5.74, 6) is -0.0533. The number of carbonyl (C=O) groups is 2. The molecular formula is C10H10N2O2. The van der Waals surface area contributed by atoms with E-state index in [0.717, 1.165) is 12.1 Å². The number of carbonyl (C=O) groups excluding carboxylic acids is 2. The molecule has 0 aromatic carbocycles. The highest BCUT2D eigenvalue weighted by atomic mass is 16.2. The summed E-state index contributed by atoms with van der Waals surface area (Å²) in [6.07, 6.45) is 2.97. The second-order valence-corrected chi connectivity index (χ2v) is 3.36. The lowest BCUT2D eigenvalue weighted by molar-refractivity contribution is 0.0779. The molecule has 1 amide bonds. The third-order valence-electron chi connectivity index (χ3n) is 2.39. The molecule has 0 saturated carbocycles. The van der Waals surface area contributed by atoms with E-state index in [1.165, 1.54) is 6.20 Å². The summed E-state index contributed by atoms with van der Waals surface area (Å²) in [6, 6.07) is 1.60. The first-order chi connectivity index (χ1) is 6.72. The van der Waals surface area contributed by atoms with Crippen molar-refractivity contribution in [2.24, 2.45) is 0 Å². The molecule has 0 bridgehead atoms. The molecule has 0 unspecified atom stereocenters. The van der Waals surface area contributed by atoms with Crippen molar-refractivity contribution >= 4 is 12.2 Å². The van der Waals surface area contributed by atoms with Crippen LogP contribution in [-0.2, 0) is 6.42 Å². The first-order valence-electron chi connectivity index (χ1n) is 4.42. The number of pyridine rings is 1. The largest absolute Gasteiger partial charge is 0.341 e. The zero-order chi connectivity index (χ0) is 10.1. The van der Waals surface area contributed by atoms with E-state index in [1.807, 2.05) is 0 Å². The average Bonchev–Trinajstić information content (AvgIpc) is 2.23. The first-order valence-corrected chi connectivity index (χ1v) is 4.42. The molecule has 2 rings (SSSR count). The summed E-state index contributed by atoms with van der Waals surface area (Å²) in [4.78, 5) is 27.9. The lowest BCUT2D eigenvalue weighted by atomic mass is 10.0. The Hall–Kier alpha value is -1.71. The van der Waals surface area contributed by atoms with Gasteiger partial charge in [0.1, 0.15) is 0 Å². The fourth-order valence-corrected chi connectivity index (χ4v) is 1.54. The van der Waals surface area contributed by atoms with Crippen LogP contribution in [0.1, 0.15) is 26.4 Å². The van der Waals surface area contributed by atoms with Crippen molar-refractivity contribution in [1.82, 2.24) is 9.88 Å². The molecule has 0 fully saturated rings. The Labute approximate surface area is 81.6 Å². The molecule has 1 aromatic rings. The molecule has 1 aliphatic heterocycles. The molecule has 4 nitrogen and oxygen atoms in total. The molecule has 14 heavy (non-hydrogen) atoms. The predicted octanol–water partition coefficient (Wildman–Crippen LogP) is 0.522. The van der Waals surface area contributed by atoms with Crippen LogP contribution in [0.25, 0.3) is 0 Å². The second-order valence-electron chi connectivity index (χ2n) is 3.36. The third kappa shape index (κ3) is 1.28. The maximum absolute atomic E-state index is 11.7. The quantitative estimate of drug-likeness (QED) is 0.607. The molecular weight excluding hydrogens is 180 g/mol. The van der Waals surface area contributed by atoms with E-state index in [-0.39, 0.29) is 5.91 Å². The van der Waals surface area contributed by atoms with E-state index >= 15 is 0 Å². The Balaban J connectivity index is 2.51. The highest BCUT2D eigenvalue weighted by Gasteiger charge is 2.22. The van der Waals surface area contributed by atoms with Crippen LogP contribution < -0.4 is 0 Å². The Bertz CT molecular complexity index is 401. The maximum atomic E-state index is 11.7. The van der Waals surface area contributed by atoms with Crippen LogP contribution >= 0.6 is 0 Å². The van der Waals surface area contributed by atoms with Crippen molar-refractivity contribution in [1.29, 1.82) is 0 Å². The fourth-order valence-electron chi connectivity index (χ4n) is 1.54. The van der Waals surface area contributed by atoms with Crippen molar-refractivity contribution in [3.05, 3.63) is 29.1 Å². The molecule has 0 saturated heterocycles. The number of fused-ring (bicyclic) bond motifs is 1. The molecule has 0 atom stereocenters. The minimum Gasteiger partial charge on any atom is -0.341 e. The summed E-state index contributed by atoms with van der Waals surface area (Å²) in [6.45, 7) is 0.694. The summed E-state index contributed by atoms with van der Waals surface area (Å²) in [5.41, 5.74) is 1.80. The number of nitrogens with zero attached hydrogens (tertiary/aromatic N) is 2. The lowest BCUT2D eigenvalue weighted by Crippen LogP contribution is -2.34.